The van der Waals surface area contributed by atoms with Crippen LogP contribution in [0.3, 0.4) is 0 Å². The lowest BCUT2D eigenvalue weighted by atomic mass is 9.88. The van der Waals surface area contributed by atoms with E-state index in [-0.39, 0.29) is 11.3 Å². The van der Waals surface area contributed by atoms with Crippen LogP contribution in [-0.2, 0) is 11.3 Å². The van der Waals surface area contributed by atoms with Crippen molar-refractivity contribution in [1.82, 2.24) is 9.80 Å². The van der Waals surface area contributed by atoms with E-state index in [4.69, 9.17) is 0 Å². The molecule has 0 saturated carbocycles. The molecular formula is C19H30N2O2. The van der Waals surface area contributed by atoms with E-state index in [1.807, 2.05) is 35.0 Å². The standard InChI is InChI=1S/C19H30N2O2/c1-18(2,3)14-21-12-8-11-19(23,17(21)22)15-20(4)13-16-9-6-5-7-10-16/h5-7,9-10,23H,8,11-15H2,1-4H3/t19-/m1/s1. The maximum Gasteiger partial charge on any atom is 0.255 e. The highest BCUT2D eigenvalue weighted by Crippen LogP contribution is 2.27. The van der Waals surface area contributed by atoms with Crippen molar-refractivity contribution in [2.45, 2.75) is 45.8 Å². The third-order valence-corrected chi connectivity index (χ3v) is 4.20. The molecule has 1 fully saturated rings. The van der Waals surface area contributed by atoms with Gasteiger partial charge in [-0.2, -0.15) is 0 Å². The molecule has 0 unspecified atom stereocenters. The van der Waals surface area contributed by atoms with Crippen LogP contribution in [0.2, 0.25) is 0 Å². The average molecular weight is 318 g/mol. The molecule has 1 amide bonds. The average Bonchev–Trinajstić information content (AvgIpc) is 2.43. The summed E-state index contributed by atoms with van der Waals surface area (Å²) in [6.07, 6.45) is 1.41. The molecule has 4 heteroatoms. The number of piperidine rings is 1. The Hall–Kier alpha value is -1.39. The Bertz CT molecular complexity index is 524. The van der Waals surface area contributed by atoms with Crippen LogP contribution in [0.15, 0.2) is 30.3 Å². The molecule has 2 rings (SSSR count). The van der Waals surface area contributed by atoms with Gasteiger partial charge in [0.1, 0.15) is 0 Å². The van der Waals surface area contributed by atoms with Crippen molar-refractivity contribution >= 4 is 5.91 Å². The number of likely N-dealkylation sites (N-methyl/N-ethyl adjacent to an activating group) is 1. The molecule has 0 spiro atoms. The maximum atomic E-state index is 12.8. The van der Waals surface area contributed by atoms with Crippen molar-refractivity contribution < 1.29 is 9.90 Å². The molecular weight excluding hydrogens is 288 g/mol. The largest absolute Gasteiger partial charge is 0.379 e. The summed E-state index contributed by atoms with van der Waals surface area (Å²) in [7, 11) is 1.96. The van der Waals surface area contributed by atoms with Crippen LogP contribution >= 0.6 is 0 Å². The van der Waals surface area contributed by atoms with E-state index in [1.165, 1.54) is 5.56 Å². The number of hydrogen-bond acceptors (Lipinski definition) is 3. The van der Waals surface area contributed by atoms with E-state index in [9.17, 15) is 9.90 Å². The second kappa shape index (κ2) is 7.02. The van der Waals surface area contributed by atoms with E-state index < -0.39 is 5.60 Å². The summed E-state index contributed by atoms with van der Waals surface area (Å²) in [5.41, 5.74) is -0.0231. The first-order valence-corrected chi connectivity index (χ1v) is 8.44. The smallest absolute Gasteiger partial charge is 0.255 e. The van der Waals surface area contributed by atoms with E-state index >= 15 is 0 Å². The van der Waals surface area contributed by atoms with E-state index in [1.54, 1.807) is 0 Å². The third-order valence-electron chi connectivity index (χ3n) is 4.20. The summed E-state index contributed by atoms with van der Waals surface area (Å²) in [6.45, 7) is 8.91. The van der Waals surface area contributed by atoms with Gasteiger partial charge < -0.3 is 10.0 Å². The topological polar surface area (TPSA) is 43.8 Å². The Morgan fingerprint density at radius 1 is 1.26 bits per heavy atom. The third kappa shape index (κ3) is 5.05. The summed E-state index contributed by atoms with van der Waals surface area (Å²) < 4.78 is 0. The van der Waals surface area contributed by atoms with Crippen molar-refractivity contribution in [3.8, 4) is 0 Å². The molecule has 1 aliphatic heterocycles. The predicted octanol–water partition coefficient (Wildman–Crippen LogP) is 2.52. The molecule has 0 radical (unpaired) electrons. The first-order chi connectivity index (χ1) is 10.7. The van der Waals surface area contributed by atoms with Crippen LogP contribution < -0.4 is 0 Å². The van der Waals surface area contributed by atoms with Crippen LogP contribution in [0, 0.1) is 5.41 Å². The number of carbonyl (C=O) groups excluding carboxylic acids is 1. The molecule has 1 saturated heterocycles. The highest BCUT2D eigenvalue weighted by Gasteiger charge is 2.43. The summed E-state index contributed by atoms with van der Waals surface area (Å²) >= 11 is 0. The first kappa shape index (κ1) is 18.0. The van der Waals surface area contributed by atoms with Crippen molar-refractivity contribution in [3.05, 3.63) is 35.9 Å². The van der Waals surface area contributed by atoms with Crippen molar-refractivity contribution in [2.24, 2.45) is 5.41 Å². The summed E-state index contributed by atoms with van der Waals surface area (Å²) in [5.74, 6) is -0.112. The number of nitrogens with zero attached hydrogens (tertiary/aromatic N) is 2. The minimum absolute atomic E-state index is 0.0455. The molecule has 1 N–H and O–H groups in total. The quantitative estimate of drug-likeness (QED) is 0.907. The molecule has 0 aliphatic carbocycles. The van der Waals surface area contributed by atoms with Crippen LogP contribution in [-0.4, -0.2) is 53.1 Å². The van der Waals surface area contributed by atoms with Crippen LogP contribution in [0.4, 0.5) is 0 Å². The van der Waals surface area contributed by atoms with Gasteiger partial charge in [0.2, 0.25) is 0 Å². The summed E-state index contributed by atoms with van der Waals surface area (Å²) in [6, 6.07) is 10.1. The normalized spacial score (nSPS) is 22.7. The van der Waals surface area contributed by atoms with Crippen molar-refractivity contribution in [3.63, 3.8) is 0 Å². The van der Waals surface area contributed by atoms with Gasteiger partial charge in [-0.15, -0.1) is 0 Å². The molecule has 1 aliphatic rings. The lowest BCUT2D eigenvalue weighted by Crippen LogP contribution is -2.59. The van der Waals surface area contributed by atoms with Crippen molar-refractivity contribution in [2.75, 3.05) is 26.7 Å². The molecule has 0 bridgehead atoms. The van der Waals surface area contributed by atoms with E-state index in [2.05, 4.69) is 32.9 Å². The lowest BCUT2D eigenvalue weighted by molar-refractivity contribution is -0.160. The number of carbonyl (C=O) groups is 1. The van der Waals surface area contributed by atoms with E-state index in [0.29, 0.717) is 19.5 Å². The molecule has 23 heavy (non-hydrogen) atoms. The fraction of sp³-hybridized carbons (Fsp3) is 0.632. The minimum atomic E-state index is -1.26. The van der Waals surface area contributed by atoms with Gasteiger partial charge in [0.15, 0.2) is 5.60 Å². The molecule has 1 heterocycles. The van der Waals surface area contributed by atoms with Gasteiger partial charge >= 0.3 is 0 Å². The summed E-state index contributed by atoms with van der Waals surface area (Å²) in [4.78, 5) is 16.6. The van der Waals surface area contributed by atoms with Crippen molar-refractivity contribution in [1.29, 1.82) is 0 Å². The molecule has 1 aromatic rings. The maximum absolute atomic E-state index is 12.8. The van der Waals surface area contributed by atoms with Gasteiger partial charge in [-0.3, -0.25) is 9.69 Å². The highest BCUT2D eigenvalue weighted by atomic mass is 16.3. The Morgan fingerprint density at radius 2 is 1.91 bits per heavy atom. The molecule has 4 nitrogen and oxygen atoms in total. The van der Waals surface area contributed by atoms with Crippen LogP contribution in [0.5, 0.6) is 0 Å². The Kier molecular flexibility index (Phi) is 5.48. The van der Waals surface area contributed by atoms with Crippen LogP contribution in [0.1, 0.15) is 39.2 Å². The predicted molar refractivity (Wildman–Crippen MR) is 93.0 cm³/mol. The molecule has 1 aromatic carbocycles. The number of aliphatic hydroxyl groups is 1. The number of amides is 1. The van der Waals surface area contributed by atoms with Gasteiger partial charge in [-0.25, -0.2) is 0 Å². The SMILES string of the molecule is CN(Cc1ccccc1)C[C@]1(O)CCCN(CC(C)(C)C)C1=O. The molecule has 128 valence electrons. The Morgan fingerprint density at radius 3 is 2.52 bits per heavy atom. The monoisotopic (exact) mass is 318 g/mol. The number of benzene rings is 1. The summed E-state index contributed by atoms with van der Waals surface area (Å²) in [5, 5.41) is 10.9. The Balaban J connectivity index is 2.00. The fourth-order valence-electron chi connectivity index (χ4n) is 3.33. The van der Waals surface area contributed by atoms with Crippen LogP contribution in [0.25, 0.3) is 0 Å². The highest BCUT2D eigenvalue weighted by molar-refractivity contribution is 5.86. The second-order valence-electron chi connectivity index (χ2n) is 8.08. The van der Waals surface area contributed by atoms with Gasteiger partial charge in [0, 0.05) is 26.2 Å². The number of hydrogen-bond donors (Lipinski definition) is 1. The van der Waals surface area contributed by atoms with E-state index in [0.717, 1.165) is 19.5 Å². The van der Waals surface area contributed by atoms with Gasteiger partial charge in [-0.1, -0.05) is 51.1 Å². The second-order valence-corrected chi connectivity index (χ2v) is 8.08. The zero-order valence-corrected chi connectivity index (χ0v) is 14.9. The molecule has 1 atom stereocenters. The molecule has 0 aromatic heterocycles. The van der Waals surface area contributed by atoms with Gasteiger partial charge in [0.05, 0.1) is 0 Å². The first-order valence-electron chi connectivity index (χ1n) is 8.44. The van der Waals surface area contributed by atoms with Gasteiger partial charge in [-0.05, 0) is 30.9 Å². The zero-order chi connectivity index (χ0) is 17.1. The Labute approximate surface area is 140 Å². The zero-order valence-electron chi connectivity index (χ0n) is 14.9. The fourth-order valence-corrected chi connectivity index (χ4v) is 3.33. The number of likely N-dealkylation sites (tertiary alicyclic amines) is 1. The lowest BCUT2D eigenvalue weighted by Gasteiger charge is -2.42. The number of rotatable bonds is 5. The minimum Gasteiger partial charge on any atom is -0.379 e. The van der Waals surface area contributed by atoms with Gasteiger partial charge in [0.25, 0.3) is 5.91 Å².